The van der Waals surface area contributed by atoms with E-state index in [9.17, 15) is 0 Å². The van der Waals surface area contributed by atoms with Crippen molar-refractivity contribution in [2.24, 2.45) is 0 Å². The third kappa shape index (κ3) is 2.24. The fraction of sp³-hybridized carbons (Fsp3) is 0.333. The lowest BCUT2D eigenvalue weighted by atomic mass is 10.2. The van der Waals surface area contributed by atoms with Gasteiger partial charge in [0.2, 0.25) is 6.79 Å². The van der Waals surface area contributed by atoms with Crippen LogP contribution in [0.5, 0.6) is 11.5 Å². The molecule has 114 valence electrons. The van der Waals surface area contributed by atoms with Crippen molar-refractivity contribution in [3.8, 4) is 11.5 Å². The van der Waals surface area contributed by atoms with Gasteiger partial charge in [-0.2, -0.15) is 0 Å². The average molecular weight is 299 g/mol. The lowest BCUT2D eigenvalue weighted by Crippen LogP contribution is -2.21. The van der Waals surface area contributed by atoms with E-state index in [0.29, 0.717) is 11.5 Å². The summed E-state index contributed by atoms with van der Waals surface area (Å²) in [4.78, 5) is 10.8. The van der Waals surface area contributed by atoms with Crippen molar-refractivity contribution in [1.82, 2.24) is 9.97 Å². The number of benzene rings is 1. The van der Waals surface area contributed by atoms with E-state index in [4.69, 9.17) is 15.2 Å². The third-order valence-electron chi connectivity index (χ3n) is 3.90. The molecule has 7 nitrogen and oxygen atoms in total. The monoisotopic (exact) mass is 299 g/mol. The van der Waals surface area contributed by atoms with Crippen molar-refractivity contribution < 1.29 is 9.47 Å². The minimum atomic E-state index is 0.257. The third-order valence-corrected chi connectivity index (χ3v) is 3.90. The van der Waals surface area contributed by atoms with Crippen LogP contribution in [0, 0.1) is 0 Å². The topological polar surface area (TPSA) is 85.5 Å². The molecule has 0 aliphatic carbocycles. The summed E-state index contributed by atoms with van der Waals surface area (Å²) in [6, 6.07) is 5.65. The van der Waals surface area contributed by atoms with Gasteiger partial charge in [-0.05, 0) is 25.0 Å². The van der Waals surface area contributed by atoms with E-state index >= 15 is 0 Å². The standard InChI is InChI=1S/C15H17N5O2/c16-13-14(17-8-18-15(13)20-5-1-2-6-20)19-10-3-4-11-12(7-10)22-9-21-11/h3-4,7-8H,1-2,5-6,9,16H2,(H,17,18,19). The van der Waals surface area contributed by atoms with Crippen LogP contribution in [0.4, 0.5) is 23.0 Å². The number of rotatable bonds is 3. The number of nitrogens with one attached hydrogen (secondary N) is 1. The Labute approximate surface area is 128 Å². The van der Waals surface area contributed by atoms with Crippen LogP contribution in [0.2, 0.25) is 0 Å². The summed E-state index contributed by atoms with van der Waals surface area (Å²) < 4.78 is 10.7. The zero-order chi connectivity index (χ0) is 14.9. The normalized spacial score (nSPS) is 16.1. The molecule has 2 aromatic rings. The maximum Gasteiger partial charge on any atom is 0.231 e. The van der Waals surface area contributed by atoms with Gasteiger partial charge in [-0.15, -0.1) is 0 Å². The molecular weight excluding hydrogens is 282 g/mol. The van der Waals surface area contributed by atoms with Gasteiger partial charge in [0, 0.05) is 24.8 Å². The summed E-state index contributed by atoms with van der Waals surface area (Å²) in [7, 11) is 0. The Morgan fingerprint density at radius 3 is 2.77 bits per heavy atom. The van der Waals surface area contributed by atoms with E-state index in [1.807, 2.05) is 18.2 Å². The van der Waals surface area contributed by atoms with Crippen molar-refractivity contribution >= 4 is 23.0 Å². The minimum absolute atomic E-state index is 0.257. The first kappa shape index (κ1) is 13.0. The molecule has 22 heavy (non-hydrogen) atoms. The number of hydrogen-bond acceptors (Lipinski definition) is 7. The average Bonchev–Trinajstić information content (AvgIpc) is 3.19. The Balaban J connectivity index is 1.61. The van der Waals surface area contributed by atoms with Gasteiger partial charge in [0.15, 0.2) is 23.1 Å². The molecule has 0 atom stereocenters. The molecule has 3 heterocycles. The van der Waals surface area contributed by atoms with E-state index in [-0.39, 0.29) is 6.79 Å². The molecule has 3 N–H and O–H groups in total. The number of nitrogens with zero attached hydrogens (tertiary/aromatic N) is 3. The molecule has 1 aromatic carbocycles. The fourth-order valence-electron chi connectivity index (χ4n) is 2.78. The molecule has 0 radical (unpaired) electrons. The van der Waals surface area contributed by atoms with Gasteiger partial charge in [-0.25, -0.2) is 9.97 Å². The molecule has 2 aliphatic heterocycles. The number of anilines is 4. The molecule has 1 saturated heterocycles. The van der Waals surface area contributed by atoms with Crippen molar-refractivity contribution in [3.63, 3.8) is 0 Å². The largest absolute Gasteiger partial charge is 0.454 e. The van der Waals surface area contributed by atoms with Gasteiger partial charge in [0.1, 0.15) is 12.0 Å². The Bertz CT molecular complexity index is 700. The predicted molar refractivity (Wildman–Crippen MR) is 83.7 cm³/mol. The van der Waals surface area contributed by atoms with E-state index in [1.165, 1.54) is 12.8 Å². The maximum atomic E-state index is 6.24. The van der Waals surface area contributed by atoms with Crippen LogP contribution in [0.25, 0.3) is 0 Å². The lowest BCUT2D eigenvalue weighted by molar-refractivity contribution is 0.174. The molecule has 1 fully saturated rings. The summed E-state index contributed by atoms with van der Waals surface area (Å²) in [5.41, 5.74) is 7.66. The fourth-order valence-corrected chi connectivity index (χ4v) is 2.78. The number of nitrogens with two attached hydrogens (primary N) is 1. The summed E-state index contributed by atoms with van der Waals surface area (Å²) in [6.07, 6.45) is 3.89. The highest BCUT2D eigenvalue weighted by atomic mass is 16.7. The van der Waals surface area contributed by atoms with Gasteiger partial charge in [-0.1, -0.05) is 0 Å². The highest BCUT2D eigenvalue weighted by Gasteiger charge is 2.19. The molecule has 1 aromatic heterocycles. The Hall–Kier alpha value is -2.70. The number of hydrogen-bond donors (Lipinski definition) is 2. The summed E-state index contributed by atoms with van der Waals surface area (Å²) in [5, 5.41) is 3.23. The first-order chi connectivity index (χ1) is 10.8. The number of nitrogen functional groups attached to an aromatic ring is 1. The van der Waals surface area contributed by atoms with Crippen molar-refractivity contribution in [2.75, 3.05) is 35.8 Å². The second-order valence-corrected chi connectivity index (χ2v) is 5.35. The molecule has 4 rings (SSSR count). The van der Waals surface area contributed by atoms with Gasteiger partial charge in [0.25, 0.3) is 0 Å². The van der Waals surface area contributed by atoms with Gasteiger partial charge in [0.05, 0.1) is 0 Å². The molecule has 2 aliphatic rings. The first-order valence-corrected chi connectivity index (χ1v) is 7.33. The highest BCUT2D eigenvalue weighted by Crippen LogP contribution is 2.36. The van der Waals surface area contributed by atoms with Crippen LogP contribution in [-0.4, -0.2) is 29.9 Å². The molecule has 0 amide bonds. The number of ether oxygens (including phenoxy) is 2. The first-order valence-electron chi connectivity index (χ1n) is 7.33. The summed E-state index contributed by atoms with van der Waals surface area (Å²) in [6.45, 7) is 2.24. The summed E-state index contributed by atoms with van der Waals surface area (Å²) >= 11 is 0. The van der Waals surface area contributed by atoms with E-state index in [0.717, 1.165) is 36.1 Å². The Morgan fingerprint density at radius 1 is 1.09 bits per heavy atom. The van der Waals surface area contributed by atoms with Crippen LogP contribution in [0.15, 0.2) is 24.5 Å². The number of aromatic nitrogens is 2. The van der Waals surface area contributed by atoms with Crippen LogP contribution in [0.3, 0.4) is 0 Å². The van der Waals surface area contributed by atoms with Crippen LogP contribution >= 0.6 is 0 Å². The SMILES string of the molecule is Nc1c(Nc2ccc3c(c2)OCO3)ncnc1N1CCCC1. The molecule has 0 bridgehead atoms. The quantitative estimate of drug-likeness (QED) is 0.898. The van der Waals surface area contributed by atoms with Gasteiger partial charge < -0.3 is 25.4 Å². The molecule has 0 unspecified atom stereocenters. The second kappa shape index (κ2) is 5.25. The predicted octanol–water partition coefficient (Wildman–Crippen LogP) is 2.13. The van der Waals surface area contributed by atoms with Crippen molar-refractivity contribution in [1.29, 1.82) is 0 Å². The van der Waals surface area contributed by atoms with E-state index in [2.05, 4.69) is 20.2 Å². The summed E-state index contributed by atoms with van der Waals surface area (Å²) in [5.74, 6) is 2.88. The van der Waals surface area contributed by atoms with Crippen LogP contribution in [0.1, 0.15) is 12.8 Å². The lowest BCUT2D eigenvalue weighted by Gasteiger charge is -2.19. The van der Waals surface area contributed by atoms with Crippen LogP contribution < -0.4 is 25.4 Å². The second-order valence-electron chi connectivity index (χ2n) is 5.35. The van der Waals surface area contributed by atoms with E-state index < -0.39 is 0 Å². The van der Waals surface area contributed by atoms with Crippen LogP contribution in [-0.2, 0) is 0 Å². The molecular formula is C15H17N5O2. The molecule has 7 heteroatoms. The molecule has 0 saturated carbocycles. The minimum Gasteiger partial charge on any atom is -0.454 e. The smallest absolute Gasteiger partial charge is 0.231 e. The zero-order valence-corrected chi connectivity index (χ0v) is 12.1. The maximum absolute atomic E-state index is 6.24. The zero-order valence-electron chi connectivity index (χ0n) is 12.1. The number of fused-ring (bicyclic) bond motifs is 1. The van der Waals surface area contributed by atoms with Crippen molar-refractivity contribution in [3.05, 3.63) is 24.5 Å². The Kier molecular flexibility index (Phi) is 3.10. The Morgan fingerprint density at radius 2 is 1.91 bits per heavy atom. The highest BCUT2D eigenvalue weighted by molar-refractivity contribution is 5.78. The van der Waals surface area contributed by atoms with E-state index in [1.54, 1.807) is 6.33 Å². The van der Waals surface area contributed by atoms with Crippen molar-refractivity contribution in [2.45, 2.75) is 12.8 Å². The van der Waals surface area contributed by atoms with Gasteiger partial charge in [-0.3, -0.25) is 0 Å². The molecule has 0 spiro atoms. The van der Waals surface area contributed by atoms with Gasteiger partial charge >= 0.3 is 0 Å².